The molecule has 186 valence electrons. The van der Waals surface area contributed by atoms with Gasteiger partial charge in [-0.25, -0.2) is 4.79 Å². The SMILES string of the molecule is CN1[C@@H]2CC[C@H]1CC(OC(=O)/C(=C/c1ccccc1)c1ccc(O)c(N=Nc3ccccc3)c1)C2.O. The highest BCUT2D eigenvalue weighted by molar-refractivity contribution is 6.21. The first-order valence-corrected chi connectivity index (χ1v) is 12.1. The van der Waals surface area contributed by atoms with Crippen molar-refractivity contribution in [2.24, 2.45) is 10.2 Å². The second kappa shape index (κ2) is 11.3. The number of carbonyl (C=O) groups is 1. The molecular weight excluding hydrogens is 454 g/mol. The molecule has 7 heteroatoms. The summed E-state index contributed by atoms with van der Waals surface area (Å²) in [6.07, 6.45) is 5.79. The summed E-state index contributed by atoms with van der Waals surface area (Å²) >= 11 is 0. The normalized spacial score (nSPS) is 21.8. The minimum Gasteiger partial charge on any atom is -0.506 e. The molecule has 2 fully saturated rings. The Bertz CT molecular complexity index is 1230. The number of phenolic OH excluding ortho intramolecular Hbond substituents is 1. The topological polar surface area (TPSA) is 106 Å². The Hall–Kier alpha value is -3.81. The van der Waals surface area contributed by atoms with Gasteiger partial charge >= 0.3 is 5.97 Å². The van der Waals surface area contributed by atoms with Gasteiger partial charge in [-0.05, 0) is 61.4 Å². The Labute approximate surface area is 211 Å². The van der Waals surface area contributed by atoms with Gasteiger partial charge in [0.1, 0.15) is 17.5 Å². The van der Waals surface area contributed by atoms with E-state index in [0.29, 0.717) is 28.9 Å². The zero-order chi connectivity index (χ0) is 24.2. The van der Waals surface area contributed by atoms with Crippen molar-refractivity contribution in [3.8, 4) is 5.75 Å². The molecule has 2 heterocycles. The van der Waals surface area contributed by atoms with Gasteiger partial charge in [0.25, 0.3) is 0 Å². The Kier molecular flexibility index (Phi) is 7.93. The van der Waals surface area contributed by atoms with E-state index in [1.165, 1.54) is 6.07 Å². The largest absolute Gasteiger partial charge is 0.506 e. The smallest absolute Gasteiger partial charge is 0.339 e. The minimum atomic E-state index is -0.362. The standard InChI is InChI=1S/C29H29N3O3.H2O/c1-32-23-13-14-24(32)19-25(18-23)35-29(34)26(16-20-8-4-2-5-9-20)21-12-15-28(33)27(17-21)31-30-22-10-6-3-7-11-22;/h2-12,15-17,23-25,33H,13-14,18-19H2,1H3;1H2/b26-16+,31-30?;/t23-,24+,25?;. The number of carbonyl (C=O) groups excluding carboxylic acids is 1. The molecule has 0 radical (unpaired) electrons. The third-order valence-electron chi connectivity index (χ3n) is 6.97. The van der Waals surface area contributed by atoms with E-state index in [1.807, 2.05) is 66.7 Å². The molecule has 3 atom stereocenters. The van der Waals surface area contributed by atoms with Crippen molar-refractivity contribution in [3.63, 3.8) is 0 Å². The van der Waals surface area contributed by atoms with E-state index in [9.17, 15) is 9.90 Å². The van der Waals surface area contributed by atoms with Gasteiger partial charge in [-0.1, -0.05) is 54.6 Å². The molecule has 2 aliphatic rings. The summed E-state index contributed by atoms with van der Waals surface area (Å²) in [5.74, 6) is -0.368. The second-order valence-corrected chi connectivity index (χ2v) is 9.26. The van der Waals surface area contributed by atoms with Crippen LogP contribution in [0.5, 0.6) is 5.75 Å². The van der Waals surface area contributed by atoms with Crippen LogP contribution in [0.1, 0.15) is 36.8 Å². The van der Waals surface area contributed by atoms with Crippen LogP contribution in [0.15, 0.2) is 89.1 Å². The van der Waals surface area contributed by atoms with Gasteiger partial charge in [0.05, 0.1) is 11.3 Å². The fraction of sp³-hybridized carbons (Fsp3) is 0.276. The number of rotatable bonds is 6. The van der Waals surface area contributed by atoms with Crippen molar-refractivity contribution in [1.29, 1.82) is 0 Å². The quantitative estimate of drug-likeness (QED) is 0.209. The first kappa shape index (κ1) is 25.3. The van der Waals surface area contributed by atoms with E-state index in [1.54, 1.807) is 12.1 Å². The third kappa shape index (κ3) is 5.70. The fourth-order valence-electron chi connectivity index (χ4n) is 5.03. The number of phenols is 1. The van der Waals surface area contributed by atoms with E-state index < -0.39 is 0 Å². The van der Waals surface area contributed by atoms with Crippen LogP contribution in [0.2, 0.25) is 0 Å². The van der Waals surface area contributed by atoms with Gasteiger partial charge < -0.3 is 20.2 Å². The van der Waals surface area contributed by atoms with Gasteiger partial charge in [-0.2, -0.15) is 5.11 Å². The molecule has 0 spiro atoms. The zero-order valence-electron chi connectivity index (χ0n) is 20.2. The minimum absolute atomic E-state index is 0. The number of benzene rings is 3. The number of nitrogens with zero attached hydrogens (tertiary/aromatic N) is 3. The lowest BCUT2D eigenvalue weighted by Gasteiger charge is -2.35. The molecule has 1 unspecified atom stereocenters. The van der Waals surface area contributed by atoms with Gasteiger partial charge in [0, 0.05) is 24.9 Å². The Morgan fingerprint density at radius 3 is 2.25 bits per heavy atom. The number of aromatic hydroxyl groups is 1. The lowest BCUT2D eigenvalue weighted by molar-refractivity contribution is -0.144. The molecule has 0 aromatic heterocycles. The molecule has 3 N–H and O–H groups in total. The van der Waals surface area contributed by atoms with Crippen LogP contribution < -0.4 is 0 Å². The van der Waals surface area contributed by atoms with Crippen molar-refractivity contribution in [2.75, 3.05) is 7.05 Å². The first-order chi connectivity index (χ1) is 17.1. The molecule has 2 bridgehead atoms. The summed E-state index contributed by atoms with van der Waals surface area (Å²) in [5.41, 5.74) is 2.90. The van der Waals surface area contributed by atoms with Gasteiger partial charge in [-0.3, -0.25) is 0 Å². The van der Waals surface area contributed by atoms with E-state index in [2.05, 4.69) is 22.2 Å². The van der Waals surface area contributed by atoms with Gasteiger partial charge in [0.15, 0.2) is 0 Å². The van der Waals surface area contributed by atoms with Crippen LogP contribution in [-0.4, -0.2) is 46.7 Å². The second-order valence-electron chi connectivity index (χ2n) is 9.26. The van der Waals surface area contributed by atoms with Crippen molar-refractivity contribution < 1.29 is 20.1 Å². The number of hydrogen-bond donors (Lipinski definition) is 1. The highest BCUT2D eigenvalue weighted by Crippen LogP contribution is 2.37. The van der Waals surface area contributed by atoms with Gasteiger partial charge in [0.2, 0.25) is 0 Å². The number of piperidine rings is 1. The van der Waals surface area contributed by atoms with Crippen LogP contribution in [0.25, 0.3) is 11.6 Å². The zero-order valence-corrected chi connectivity index (χ0v) is 20.2. The van der Waals surface area contributed by atoms with E-state index in [-0.39, 0.29) is 29.0 Å². The molecular formula is C29H31N3O4. The highest BCUT2D eigenvalue weighted by atomic mass is 16.5. The molecule has 0 saturated carbocycles. The average Bonchev–Trinajstić information content (AvgIpc) is 3.08. The predicted molar refractivity (Wildman–Crippen MR) is 140 cm³/mol. The summed E-state index contributed by atoms with van der Waals surface area (Å²) in [6.45, 7) is 0. The van der Waals surface area contributed by atoms with Crippen LogP contribution in [-0.2, 0) is 9.53 Å². The lowest BCUT2D eigenvalue weighted by Crippen LogP contribution is -2.43. The molecule has 0 aliphatic carbocycles. The molecule has 7 nitrogen and oxygen atoms in total. The molecule has 3 aromatic carbocycles. The highest BCUT2D eigenvalue weighted by Gasteiger charge is 2.40. The van der Waals surface area contributed by atoms with Crippen molar-refractivity contribution in [1.82, 2.24) is 4.90 Å². The number of hydrogen-bond acceptors (Lipinski definition) is 6. The molecule has 5 rings (SSSR count). The van der Waals surface area contributed by atoms with Crippen LogP contribution in [0.3, 0.4) is 0 Å². The Balaban J connectivity index is 0.00000304. The average molecular weight is 486 g/mol. The number of ether oxygens (including phenoxy) is 1. The molecule has 2 saturated heterocycles. The summed E-state index contributed by atoms with van der Waals surface area (Å²) < 4.78 is 6.06. The maximum atomic E-state index is 13.5. The number of esters is 1. The lowest BCUT2D eigenvalue weighted by atomic mass is 9.99. The number of azo groups is 1. The van der Waals surface area contributed by atoms with Crippen LogP contribution in [0, 0.1) is 0 Å². The van der Waals surface area contributed by atoms with E-state index in [4.69, 9.17) is 4.74 Å². The maximum absolute atomic E-state index is 13.5. The summed E-state index contributed by atoms with van der Waals surface area (Å²) in [4.78, 5) is 15.9. The van der Waals surface area contributed by atoms with Crippen molar-refractivity contribution in [3.05, 3.63) is 90.0 Å². The Morgan fingerprint density at radius 1 is 0.944 bits per heavy atom. The maximum Gasteiger partial charge on any atom is 0.339 e. The third-order valence-corrected chi connectivity index (χ3v) is 6.97. The molecule has 2 aliphatic heterocycles. The number of fused-ring (bicyclic) bond motifs is 2. The fourth-order valence-corrected chi connectivity index (χ4v) is 5.03. The van der Waals surface area contributed by atoms with Crippen LogP contribution in [0.4, 0.5) is 11.4 Å². The van der Waals surface area contributed by atoms with Gasteiger partial charge in [-0.15, -0.1) is 5.11 Å². The summed E-state index contributed by atoms with van der Waals surface area (Å²) in [7, 11) is 2.17. The van der Waals surface area contributed by atoms with E-state index in [0.717, 1.165) is 31.2 Å². The molecule has 36 heavy (non-hydrogen) atoms. The predicted octanol–water partition coefficient (Wildman–Crippen LogP) is 5.69. The summed E-state index contributed by atoms with van der Waals surface area (Å²) in [6, 6.07) is 24.9. The molecule has 0 amide bonds. The van der Waals surface area contributed by atoms with Crippen molar-refractivity contribution >= 4 is 29.0 Å². The monoisotopic (exact) mass is 485 g/mol. The molecule has 3 aromatic rings. The first-order valence-electron chi connectivity index (χ1n) is 12.1. The van der Waals surface area contributed by atoms with Crippen LogP contribution >= 0.6 is 0 Å². The van der Waals surface area contributed by atoms with Crippen molar-refractivity contribution in [2.45, 2.75) is 43.9 Å². The summed E-state index contributed by atoms with van der Waals surface area (Å²) in [5, 5.41) is 18.8. The van der Waals surface area contributed by atoms with E-state index >= 15 is 0 Å². The Morgan fingerprint density at radius 2 is 1.58 bits per heavy atom.